The van der Waals surface area contributed by atoms with Gasteiger partial charge in [-0.3, -0.25) is 0 Å². The van der Waals surface area contributed by atoms with Gasteiger partial charge in [-0.1, -0.05) is 0 Å². The molecular weight excluding hydrogens is 256 g/mol. The van der Waals surface area contributed by atoms with Crippen molar-refractivity contribution in [3.63, 3.8) is 0 Å². The Morgan fingerprint density at radius 1 is 0.950 bits per heavy atom. The third kappa shape index (κ3) is 2.77. The molecule has 20 heavy (non-hydrogen) atoms. The summed E-state index contributed by atoms with van der Waals surface area (Å²) >= 11 is 0. The molecule has 0 aromatic carbocycles. The molecule has 3 heterocycles. The van der Waals surface area contributed by atoms with Gasteiger partial charge >= 0.3 is 0 Å². The van der Waals surface area contributed by atoms with Crippen LogP contribution in [0.4, 0.5) is 17.8 Å². The molecule has 7 heteroatoms. The molecule has 2 aliphatic heterocycles. The molecule has 0 radical (unpaired) electrons. The highest BCUT2D eigenvalue weighted by Crippen LogP contribution is 2.25. The molecule has 1 aromatic rings. The van der Waals surface area contributed by atoms with Gasteiger partial charge in [-0.15, -0.1) is 0 Å². The summed E-state index contributed by atoms with van der Waals surface area (Å²) < 4.78 is 0. The van der Waals surface area contributed by atoms with Gasteiger partial charge in [0.25, 0.3) is 0 Å². The quantitative estimate of drug-likeness (QED) is 0.809. The van der Waals surface area contributed by atoms with Gasteiger partial charge in [0.05, 0.1) is 5.60 Å². The monoisotopic (exact) mass is 278 g/mol. The van der Waals surface area contributed by atoms with E-state index in [0.29, 0.717) is 11.9 Å². The Labute approximate surface area is 118 Å². The maximum absolute atomic E-state index is 10.0. The van der Waals surface area contributed by atoms with E-state index in [2.05, 4.69) is 24.8 Å². The van der Waals surface area contributed by atoms with Crippen LogP contribution in [-0.2, 0) is 0 Å². The van der Waals surface area contributed by atoms with E-state index in [1.54, 1.807) is 0 Å². The predicted molar refractivity (Wildman–Crippen MR) is 77.8 cm³/mol. The van der Waals surface area contributed by atoms with E-state index in [1.807, 2.05) is 6.92 Å². The molecule has 0 atom stereocenters. The number of aliphatic hydroxyl groups is 1. The maximum Gasteiger partial charge on any atom is 0.231 e. The second-order valence-electron chi connectivity index (χ2n) is 5.97. The first-order valence-corrected chi connectivity index (χ1v) is 7.27. The summed E-state index contributed by atoms with van der Waals surface area (Å²) in [5.74, 6) is 1.59. The topological polar surface area (TPSA) is 91.4 Å². The minimum absolute atomic E-state index is 0.272. The Hall–Kier alpha value is -1.63. The van der Waals surface area contributed by atoms with E-state index < -0.39 is 5.60 Å². The van der Waals surface area contributed by atoms with Gasteiger partial charge in [-0.25, -0.2) is 0 Å². The highest BCUT2D eigenvalue weighted by Gasteiger charge is 2.29. The first-order valence-electron chi connectivity index (χ1n) is 7.27. The lowest BCUT2D eigenvalue weighted by atomic mass is 9.94. The molecule has 2 fully saturated rings. The minimum Gasteiger partial charge on any atom is -0.390 e. The van der Waals surface area contributed by atoms with Crippen molar-refractivity contribution in [1.82, 2.24) is 15.0 Å². The molecule has 3 N–H and O–H groups in total. The summed E-state index contributed by atoms with van der Waals surface area (Å²) in [5, 5.41) is 10.0. The second-order valence-corrected chi connectivity index (χ2v) is 5.97. The van der Waals surface area contributed by atoms with Crippen molar-refractivity contribution in [3.05, 3.63) is 0 Å². The summed E-state index contributed by atoms with van der Waals surface area (Å²) in [6.45, 7) is 5.34. The number of anilines is 3. The Balaban J connectivity index is 1.79. The highest BCUT2D eigenvalue weighted by atomic mass is 16.3. The van der Waals surface area contributed by atoms with Crippen molar-refractivity contribution in [2.75, 3.05) is 41.7 Å². The fraction of sp³-hybridized carbons (Fsp3) is 0.769. The number of nitrogens with two attached hydrogens (primary N) is 1. The van der Waals surface area contributed by atoms with E-state index in [4.69, 9.17) is 5.73 Å². The van der Waals surface area contributed by atoms with Crippen LogP contribution < -0.4 is 15.5 Å². The number of nitrogens with zero attached hydrogens (tertiary/aromatic N) is 5. The van der Waals surface area contributed by atoms with Gasteiger partial charge in [0.1, 0.15) is 0 Å². The number of aromatic nitrogens is 3. The third-order valence-electron chi connectivity index (χ3n) is 4.14. The summed E-state index contributed by atoms with van der Waals surface area (Å²) in [6.07, 6.45) is 3.79. The van der Waals surface area contributed by atoms with Crippen LogP contribution in [0, 0.1) is 0 Å². The second kappa shape index (κ2) is 5.05. The molecule has 110 valence electrons. The largest absolute Gasteiger partial charge is 0.390 e. The van der Waals surface area contributed by atoms with E-state index in [1.165, 1.54) is 12.8 Å². The molecular formula is C13H22N6O. The molecule has 0 unspecified atom stereocenters. The number of nitrogen functional groups attached to an aromatic ring is 1. The molecule has 0 spiro atoms. The zero-order chi connectivity index (χ0) is 14.2. The Morgan fingerprint density at radius 2 is 1.45 bits per heavy atom. The van der Waals surface area contributed by atoms with Crippen LogP contribution in [0.3, 0.4) is 0 Å². The number of hydrogen-bond donors (Lipinski definition) is 2. The summed E-state index contributed by atoms with van der Waals surface area (Å²) in [4.78, 5) is 17.3. The molecule has 7 nitrogen and oxygen atoms in total. The van der Waals surface area contributed by atoms with Crippen molar-refractivity contribution in [1.29, 1.82) is 0 Å². The van der Waals surface area contributed by atoms with Gasteiger partial charge in [0.15, 0.2) is 0 Å². The Bertz CT molecular complexity index is 476. The van der Waals surface area contributed by atoms with Crippen LogP contribution in [0.2, 0.25) is 0 Å². The van der Waals surface area contributed by atoms with Crippen LogP contribution in [-0.4, -0.2) is 51.8 Å². The van der Waals surface area contributed by atoms with Gasteiger partial charge in [0.2, 0.25) is 17.8 Å². The zero-order valence-corrected chi connectivity index (χ0v) is 11.9. The van der Waals surface area contributed by atoms with E-state index >= 15 is 0 Å². The van der Waals surface area contributed by atoms with Crippen molar-refractivity contribution in [3.8, 4) is 0 Å². The van der Waals surface area contributed by atoms with Gasteiger partial charge < -0.3 is 20.6 Å². The van der Waals surface area contributed by atoms with Gasteiger partial charge in [-0.2, -0.15) is 15.0 Å². The van der Waals surface area contributed by atoms with Crippen molar-refractivity contribution in [2.45, 2.75) is 38.2 Å². The maximum atomic E-state index is 10.0. The SMILES string of the molecule is CC1(O)CCN(c2nc(N)nc(N3CCCC3)n2)CC1. The Morgan fingerprint density at radius 3 is 2.00 bits per heavy atom. The first-order chi connectivity index (χ1) is 9.53. The number of hydrogen-bond acceptors (Lipinski definition) is 7. The molecule has 1 aromatic heterocycles. The molecule has 2 saturated heterocycles. The molecule has 0 aliphatic carbocycles. The van der Waals surface area contributed by atoms with Crippen molar-refractivity contribution >= 4 is 17.8 Å². The van der Waals surface area contributed by atoms with E-state index in [0.717, 1.165) is 39.0 Å². The number of piperidine rings is 1. The highest BCUT2D eigenvalue weighted by molar-refractivity contribution is 5.44. The lowest BCUT2D eigenvalue weighted by molar-refractivity contribution is 0.0349. The van der Waals surface area contributed by atoms with Gasteiger partial charge in [0, 0.05) is 26.2 Å². The lowest BCUT2D eigenvalue weighted by Crippen LogP contribution is -2.43. The molecule has 3 rings (SSSR count). The van der Waals surface area contributed by atoms with Crippen LogP contribution in [0.15, 0.2) is 0 Å². The van der Waals surface area contributed by atoms with E-state index in [9.17, 15) is 5.11 Å². The molecule has 0 bridgehead atoms. The molecule has 0 amide bonds. The van der Waals surface area contributed by atoms with E-state index in [-0.39, 0.29) is 5.95 Å². The van der Waals surface area contributed by atoms with Crippen LogP contribution in [0.25, 0.3) is 0 Å². The smallest absolute Gasteiger partial charge is 0.231 e. The average Bonchev–Trinajstić information content (AvgIpc) is 2.91. The fourth-order valence-corrected chi connectivity index (χ4v) is 2.76. The summed E-state index contributed by atoms with van der Waals surface area (Å²) in [7, 11) is 0. The molecule has 2 aliphatic rings. The lowest BCUT2D eigenvalue weighted by Gasteiger charge is -2.35. The first kappa shape index (κ1) is 13.4. The number of rotatable bonds is 2. The van der Waals surface area contributed by atoms with Gasteiger partial charge in [-0.05, 0) is 32.6 Å². The normalized spacial score (nSPS) is 22.3. The van der Waals surface area contributed by atoms with Crippen LogP contribution in [0.5, 0.6) is 0 Å². The fourth-order valence-electron chi connectivity index (χ4n) is 2.76. The third-order valence-corrected chi connectivity index (χ3v) is 4.14. The zero-order valence-electron chi connectivity index (χ0n) is 11.9. The summed E-state index contributed by atoms with van der Waals surface area (Å²) in [6, 6.07) is 0. The minimum atomic E-state index is -0.577. The van der Waals surface area contributed by atoms with Crippen molar-refractivity contribution < 1.29 is 5.11 Å². The predicted octanol–water partition coefficient (Wildman–Crippen LogP) is 0.405. The van der Waals surface area contributed by atoms with Crippen molar-refractivity contribution in [2.24, 2.45) is 0 Å². The van der Waals surface area contributed by atoms with Crippen LogP contribution in [0.1, 0.15) is 32.6 Å². The standard InChI is InChI=1S/C13H22N6O/c1-13(20)4-8-19(9-5-13)12-16-10(14)15-11(17-12)18-6-2-3-7-18/h20H,2-9H2,1H3,(H2,14,15,16,17). The average molecular weight is 278 g/mol. The Kier molecular flexibility index (Phi) is 3.37. The molecule has 0 saturated carbocycles. The summed E-state index contributed by atoms with van der Waals surface area (Å²) in [5.41, 5.74) is 5.25. The van der Waals surface area contributed by atoms with Crippen LogP contribution >= 0.6 is 0 Å².